The van der Waals surface area contributed by atoms with Crippen LogP contribution in [0.25, 0.3) is 0 Å². The summed E-state index contributed by atoms with van der Waals surface area (Å²) < 4.78 is 0. The van der Waals surface area contributed by atoms with Crippen LogP contribution in [-0.4, -0.2) is 40.6 Å². The van der Waals surface area contributed by atoms with Crippen LogP contribution < -0.4 is 5.32 Å². The average Bonchev–Trinajstić information content (AvgIpc) is 2.77. The zero-order chi connectivity index (χ0) is 15.1. The highest BCUT2D eigenvalue weighted by molar-refractivity contribution is 5.75. The topological polar surface area (TPSA) is 69.6 Å². The summed E-state index contributed by atoms with van der Waals surface area (Å²) in [7, 11) is 0. The first kappa shape index (κ1) is 16.8. The summed E-state index contributed by atoms with van der Waals surface area (Å²) in [5.74, 6) is -0.429. The number of amides is 2. The van der Waals surface area contributed by atoms with Gasteiger partial charge in [-0.2, -0.15) is 0 Å². The molecular weight excluding hydrogens is 256 g/mol. The maximum atomic E-state index is 12.2. The Hall–Kier alpha value is -1.26. The predicted molar refractivity (Wildman–Crippen MR) is 78.7 cm³/mol. The third-order valence-corrected chi connectivity index (χ3v) is 4.26. The largest absolute Gasteiger partial charge is 0.481 e. The fourth-order valence-corrected chi connectivity index (χ4v) is 2.87. The second-order valence-electron chi connectivity index (χ2n) is 5.95. The number of carboxylic acids is 1. The maximum Gasteiger partial charge on any atom is 0.317 e. The molecule has 0 aromatic rings. The molecule has 3 unspecified atom stereocenters. The first-order valence-corrected chi connectivity index (χ1v) is 7.73. The zero-order valence-corrected chi connectivity index (χ0v) is 12.9. The summed E-state index contributed by atoms with van der Waals surface area (Å²) in [6.07, 6.45) is 4.89. The number of nitrogens with one attached hydrogen (secondary N) is 1. The molecule has 0 saturated carbocycles. The standard InChI is InChI=1S/C15H28N2O3/c1-4-13-7-6-12(3)17(13)15(20)16-10-9-11(2)5-8-14(18)19/h11-13H,4-10H2,1-3H3,(H,16,20)(H,18,19). The van der Waals surface area contributed by atoms with E-state index < -0.39 is 5.97 Å². The number of carbonyl (C=O) groups excluding carboxylic acids is 1. The van der Waals surface area contributed by atoms with Crippen molar-refractivity contribution in [3.05, 3.63) is 0 Å². The highest BCUT2D eigenvalue weighted by atomic mass is 16.4. The molecule has 1 heterocycles. The Kier molecular flexibility index (Phi) is 6.82. The van der Waals surface area contributed by atoms with Gasteiger partial charge in [-0.3, -0.25) is 4.79 Å². The van der Waals surface area contributed by atoms with Gasteiger partial charge in [0.15, 0.2) is 0 Å². The molecule has 0 aliphatic carbocycles. The van der Waals surface area contributed by atoms with Crippen LogP contribution in [0.5, 0.6) is 0 Å². The summed E-state index contributed by atoms with van der Waals surface area (Å²) >= 11 is 0. The molecule has 2 amide bonds. The summed E-state index contributed by atoms with van der Waals surface area (Å²) in [4.78, 5) is 24.7. The molecular formula is C15H28N2O3. The van der Waals surface area contributed by atoms with Crippen molar-refractivity contribution in [3.63, 3.8) is 0 Å². The molecule has 1 rings (SSSR count). The molecule has 1 aliphatic heterocycles. The number of carbonyl (C=O) groups is 2. The molecule has 0 bridgehead atoms. The Labute approximate surface area is 121 Å². The molecule has 1 saturated heterocycles. The van der Waals surface area contributed by atoms with Gasteiger partial charge in [-0.25, -0.2) is 4.79 Å². The highest BCUT2D eigenvalue weighted by Crippen LogP contribution is 2.25. The first-order chi connectivity index (χ1) is 9.45. The lowest BCUT2D eigenvalue weighted by atomic mass is 10.0. The molecule has 1 aliphatic rings. The summed E-state index contributed by atoms with van der Waals surface area (Å²) in [6.45, 7) is 6.88. The van der Waals surface area contributed by atoms with Crippen molar-refractivity contribution in [3.8, 4) is 0 Å². The molecule has 5 heteroatoms. The molecule has 1 fully saturated rings. The first-order valence-electron chi connectivity index (χ1n) is 7.73. The predicted octanol–water partition coefficient (Wildman–Crippen LogP) is 2.85. The molecule has 0 aromatic carbocycles. The summed E-state index contributed by atoms with van der Waals surface area (Å²) in [5, 5.41) is 11.6. The van der Waals surface area contributed by atoms with Crippen molar-refractivity contribution in [2.24, 2.45) is 5.92 Å². The fourth-order valence-electron chi connectivity index (χ4n) is 2.87. The quantitative estimate of drug-likeness (QED) is 0.755. The van der Waals surface area contributed by atoms with E-state index in [-0.39, 0.29) is 12.5 Å². The number of carboxylic acid groups (broad SMARTS) is 1. The van der Waals surface area contributed by atoms with E-state index in [1.807, 2.05) is 11.8 Å². The van der Waals surface area contributed by atoms with Crippen molar-refractivity contribution in [1.29, 1.82) is 0 Å². The third kappa shape index (κ3) is 5.02. The van der Waals surface area contributed by atoms with E-state index >= 15 is 0 Å². The van der Waals surface area contributed by atoms with Gasteiger partial charge in [0.1, 0.15) is 0 Å². The maximum absolute atomic E-state index is 12.2. The van der Waals surface area contributed by atoms with Crippen molar-refractivity contribution in [2.75, 3.05) is 6.54 Å². The number of hydrogen-bond donors (Lipinski definition) is 2. The van der Waals surface area contributed by atoms with E-state index in [1.165, 1.54) is 0 Å². The Morgan fingerprint density at radius 3 is 2.65 bits per heavy atom. The monoisotopic (exact) mass is 284 g/mol. The molecule has 5 nitrogen and oxygen atoms in total. The van der Waals surface area contributed by atoms with Crippen LogP contribution in [0.2, 0.25) is 0 Å². The second-order valence-corrected chi connectivity index (χ2v) is 5.95. The number of aliphatic carboxylic acids is 1. The highest BCUT2D eigenvalue weighted by Gasteiger charge is 2.32. The van der Waals surface area contributed by atoms with Gasteiger partial charge in [-0.05, 0) is 44.9 Å². The Bertz CT molecular complexity index is 333. The van der Waals surface area contributed by atoms with Gasteiger partial charge < -0.3 is 15.3 Å². The van der Waals surface area contributed by atoms with Crippen LogP contribution in [0, 0.1) is 5.92 Å². The van der Waals surface area contributed by atoms with Gasteiger partial charge in [0, 0.05) is 25.0 Å². The van der Waals surface area contributed by atoms with E-state index in [4.69, 9.17) is 5.11 Å². The van der Waals surface area contributed by atoms with E-state index in [0.717, 1.165) is 25.7 Å². The van der Waals surface area contributed by atoms with Crippen molar-refractivity contribution in [1.82, 2.24) is 10.2 Å². The van der Waals surface area contributed by atoms with Crippen LogP contribution in [0.4, 0.5) is 4.79 Å². The van der Waals surface area contributed by atoms with Crippen LogP contribution in [-0.2, 0) is 4.79 Å². The molecule has 0 spiro atoms. The van der Waals surface area contributed by atoms with E-state index in [0.29, 0.717) is 31.0 Å². The minimum atomic E-state index is -0.752. The van der Waals surface area contributed by atoms with Crippen LogP contribution >= 0.6 is 0 Å². The molecule has 3 atom stereocenters. The van der Waals surface area contributed by atoms with E-state index in [2.05, 4.69) is 19.2 Å². The lowest BCUT2D eigenvalue weighted by Crippen LogP contribution is -2.46. The van der Waals surface area contributed by atoms with Gasteiger partial charge in [-0.15, -0.1) is 0 Å². The number of rotatable bonds is 7. The molecule has 116 valence electrons. The molecule has 0 radical (unpaired) electrons. The third-order valence-electron chi connectivity index (χ3n) is 4.26. The van der Waals surface area contributed by atoms with Crippen LogP contribution in [0.15, 0.2) is 0 Å². The number of likely N-dealkylation sites (tertiary alicyclic amines) is 1. The van der Waals surface area contributed by atoms with Gasteiger partial charge in [-0.1, -0.05) is 13.8 Å². The fraction of sp³-hybridized carbons (Fsp3) is 0.867. The number of nitrogens with zero attached hydrogens (tertiary/aromatic N) is 1. The number of hydrogen-bond acceptors (Lipinski definition) is 2. The van der Waals surface area contributed by atoms with Crippen LogP contribution in [0.3, 0.4) is 0 Å². The lowest BCUT2D eigenvalue weighted by molar-refractivity contribution is -0.137. The van der Waals surface area contributed by atoms with E-state index in [9.17, 15) is 9.59 Å². The molecule has 20 heavy (non-hydrogen) atoms. The Morgan fingerprint density at radius 2 is 2.05 bits per heavy atom. The summed E-state index contributed by atoms with van der Waals surface area (Å²) in [5.41, 5.74) is 0. The van der Waals surface area contributed by atoms with Crippen molar-refractivity contribution >= 4 is 12.0 Å². The Morgan fingerprint density at radius 1 is 1.35 bits per heavy atom. The normalized spacial score (nSPS) is 23.6. The van der Waals surface area contributed by atoms with Gasteiger partial charge in [0.05, 0.1) is 0 Å². The zero-order valence-electron chi connectivity index (χ0n) is 12.9. The van der Waals surface area contributed by atoms with Crippen molar-refractivity contribution in [2.45, 2.75) is 71.4 Å². The van der Waals surface area contributed by atoms with Gasteiger partial charge in [0.25, 0.3) is 0 Å². The lowest BCUT2D eigenvalue weighted by Gasteiger charge is -2.28. The van der Waals surface area contributed by atoms with Crippen LogP contribution in [0.1, 0.15) is 59.3 Å². The van der Waals surface area contributed by atoms with Crippen molar-refractivity contribution < 1.29 is 14.7 Å². The molecule has 2 N–H and O–H groups in total. The molecule has 0 aromatic heterocycles. The van der Waals surface area contributed by atoms with E-state index in [1.54, 1.807) is 0 Å². The minimum Gasteiger partial charge on any atom is -0.481 e. The van der Waals surface area contributed by atoms with Gasteiger partial charge >= 0.3 is 12.0 Å². The minimum absolute atomic E-state index is 0.0345. The smallest absolute Gasteiger partial charge is 0.317 e. The average molecular weight is 284 g/mol. The number of urea groups is 1. The Balaban J connectivity index is 2.27. The second kappa shape index (κ2) is 8.12. The SMILES string of the molecule is CCC1CCC(C)N1C(=O)NCCC(C)CCC(=O)O. The summed E-state index contributed by atoms with van der Waals surface area (Å²) in [6, 6.07) is 0.728. The van der Waals surface area contributed by atoms with Gasteiger partial charge in [0.2, 0.25) is 0 Å².